The molecule has 0 bridgehead atoms. The Morgan fingerprint density at radius 3 is 3.18 bits per heavy atom. The second-order valence-electron chi connectivity index (χ2n) is 3.36. The van der Waals surface area contributed by atoms with Gasteiger partial charge in [-0.2, -0.15) is 5.10 Å². The number of thioether (sulfide) groups is 1. The molecule has 0 aliphatic carbocycles. The van der Waals surface area contributed by atoms with Crippen LogP contribution in [-0.4, -0.2) is 21.5 Å². The lowest BCUT2D eigenvalue weighted by Gasteiger charge is -1.96. The highest BCUT2D eigenvalue weighted by Crippen LogP contribution is 2.26. The number of aliphatic hydroxyl groups is 1. The van der Waals surface area contributed by atoms with Gasteiger partial charge in [0.05, 0.1) is 6.20 Å². The van der Waals surface area contributed by atoms with Crippen LogP contribution in [0.3, 0.4) is 0 Å². The molecule has 3 nitrogen and oxygen atoms in total. The van der Waals surface area contributed by atoms with E-state index in [1.165, 1.54) is 4.88 Å². The van der Waals surface area contributed by atoms with Gasteiger partial charge in [0, 0.05) is 34.3 Å². The van der Waals surface area contributed by atoms with E-state index in [-0.39, 0.29) is 6.61 Å². The van der Waals surface area contributed by atoms with Crippen molar-refractivity contribution in [3.05, 3.63) is 34.3 Å². The molecule has 17 heavy (non-hydrogen) atoms. The van der Waals surface area contributed by atoms with Crippen LogP contribution in [0.15, 0.2) is 28.7 Å². The standard InChI is InChI=1S/C12H12N2OS2/c1-14-8-11(7-13-14)17-9-12-10(3-2-5-15)4-6-16-12/h4,6-8,15H,5,9H2,1H3. The van der Waals surface area contributed by atoms with E-state index >= 15 is 0 Å². The first-order valence-electron chi connectivity index (χ1n) is 5.07. The third-order valence-electron chi connectivity index (χ3n) is 2.10. The first-order valence-corrected chi connectivity index (χ1v) is 6.93. The Morgan fingerprint density at radius 2 is 2.47 bits per heavy atom. The van der Waals surface area contributed by atoms with Crippen molar-refractivity contribution in [2.24, 2.45) is 7.05 Å². The van der Waals surface area contributed by atoms with Crippen molar-refractivity contribution in [1.29, 1.82) is 0 Å². The molecular formula is C12H12N2OS2. The van der Waals surface area contributed by atoms with Gasteiger partial charge < -0.3 is 5.11 Å². The van der Waals surface area contributed by atoms with Gasteiger partial charge in [0.25, 0.3) is 0 Å². The van der Waals surface area contributed by atoms with E-state index in [0.717, 1.165) is 16.2 Å². The van der Waals surface area contributed by atoms with Crippen LogP contribution in [0.25, 0.3) is 0 Å². The monoisotopic (exact) mass is 264 g/mol. The highest BCUT2D eigenvalue weighted by Gasteiger charge is 2.04. The minimum atomic E-state index is -0.0922. The molecule has 0 spiro atoms. The predicted molar refractivity (Wildman–Crippen MR) is 71.1 cm³/mol. The fourth-order valence-corrected chi connectivity index (χ4v) is 3.19. The number of nitrogens with zero attached hydrogens (tertiary/aromatic N) is 2. The number of thiophene rings is 1. The van der Waals surface area contributed by atoms with Crippen LogP contribution in [0.2, 0.25) is 0 Å². The first kappa shape index (κ1) is 12.2. The second-order valence-corrected chi connectivity index (χ2v) is 5.41. The minimum absolute atomic E-state index is 0.0922. The van der Waals surface area contributed by atoms with Crippen molar-refractivity contribution in [1.82, 2.24) is 9.78 Å². The summed E-state index contributed by atoms with van der Waals surface area (Å²) >= 11 is 3.44. The van der Waals surface area contributed by atoms with Crippen molar-refractivity contribution in [3.8, 4) is 11.8 Å². The summed E-state index contributed by atoms with van der Waals surface area (Å²) < 4.78 is 1.79. The molecule has 0 aromatic carbocycles. The maximum Gasteiger partial charge on any atom is 0.104 e. The van der Waals surface area contributed by atoms with Crippen molar-refractivity contribution < 1.29 is 5.11 Å². The summed E-state index contributed by atoms with van der Waals surface area (Å²) in [4.78, 5) is 2.39. The molecule has 0 atom stereocenters. The Morgan fingerprint density at radius 1 is 1.59 bits per heavy atom. The Bertz CT molecular complexity index is 548. The van der Waals surface area contributed by atoms with E-state index < -0.39 is 0 Å². The van der Waals surface area contributed by atoms with Crippen LogP contribution in [0.1, 0.15) is 10.4 Å². The lowest BCUT2D eigenvalue weighted by molar-refractivity contribution is 0.350. The summed E-state index contributed by atoms with van der Waals surface area (Å²) in [6.45, 7) is -0.0922. The molecule has 0 amide bonds. The molecule has 0 radical (unpaired) electrons. The Labute approximate surface area is 108 Å². The van der Waals surface area contributed by atoms with Crippen molar-refractivity contribution in [2.75, 3.05) is 6.61 Å². The van der Waals surface area contributed by atoms with E-state index in [2.05, 4.69) is 16.9 Å². The lowest BCUT2D eigenvalue weighted by Crippen LogP contribution is -1.84. The van der Waals surface area contributed by atoms with E-state index in [1.807, 2.05) is 30.9 Å². The first-order chi connectivity index (χ1) is 8.29. The maximum atomic E-state index is 8.68. The number of rotatable bonds is 3. The van der Waals surface area contributed by atoms with E-state index in [0.29, 0.717) is 0 Å². The molecule has 88 valence electrons. The van der Waals surface area contributed by atoms with Crippen LogP contribution < -0.4 is 0 Å². The van der Waals surface area contributed by atoms with Crippen molar-refractivity contribution in [2.45, 2.75) is 10.6 Å². The molecule has 0 saturated heterocycles. The van der Waals surface area contributed by atoms with Gasteiger partial charge in [-0.05, 0) is 11.4 Å². The van der Waals surface area contributed by atoms with E-state index in [4.69, 9.17) is 5.11 Å². The average Bonchev–Trinajstić information content (AvgIpc) is 2.92. The van der Waals surface area contributed by atoms with Gasteiger partial charge in [0.15, 0.2) is 0 Å². The van der Waals surface area contributed by atoms with Gasteiger partial charge in [-0.25, -0.2) is 0 Å². The van der Waals surface area contributed by atoms with Gasteiger partial charge in [0.1, 0.15) is 6.61 Å². The second kappa shape index (κ2) is 5.92. The third-order valence-corrected chi connectivity index (χ3v) is 4.18. The summed E-state index contributed by atoms with van der Waals surface area (Å²) in [5.41, 5.74) is 1.01. The van der Waals surface area contributed by atoms with E-state index in [1.54, 1.807) is 27.8 Å². The quantitative estimate of drug-likeness (QED) is 0.681. The minimum Gasteiger partial charge on any atom is -0.384 e. The molecule has 0 unspecified atom stereocenters. The third kappa shape index (κ3) is 3.37. The molecular weight excluding hydrogens is 252 g/mol. The number of aromatic nitrogens is 2. The van der Waals surface area contributed by atoms with Gasteiger partial charge in [-0.15, -0.1) is 23.1 Å². The maximum absolute atomic E-state index is 8.68. The smallest absolute Gasteiger partial charge is 0.104 e. The SMILES string of the molecule is Cn1cc(SCc2sccc2C#CCO)cn1. The van der Waals surface area contributed by atoms with Gasteiger partial charge in [0.2, 0.25) is 0 Å². The largest absolute Gasteiger partial charge is 0.384 e. The summed E-state index contributed by atoms with van der Waals surface area (Å²) in [5, 5.41) is 14.8. The Balaban J connectivity index is 2.01. The number of aliphatic hydroxyl groups excluding tert-OH is 1. The molecule has 2 aromatic rings. The fourth-order valence-electron chi connectivity index (χ4n) is 1.32. The lowest BCUT2D eigenvalue weighted by atomic mass is 10.3. The van der Waals surface area contributed by atoms with E-state index in [9.17, 15) is 0 Å². The molecule has 0 aliphatic rings. The van der Waals surface area contributed by atoms with Gasteiger partial charge >= 0.3 is 0 Å². The zero-order valence-corrected chi connectivity index (χ0v) is 11.0. The average molecular weight is 264 g/mol. The molecule has 5 heteroatoms. The summed E-state index contributed by atoms with van der Waals surface area (Å²) in [7, 11) is 1.91. The normalized spacial score (nSPS) is 10.0. The number of hydrogen-bond donors (Lipinski definition) is 1. The van der Waals surface area contributed by atoms with Gasteiger partial charge in [-0.3, -0.25) is 4.68 Å². The summed E-state index contributed by atoms with van der Waals surface area (Å²) in [6, 6.07) is 1.99. The number of aryl methyl sites for hydroxylation is 1. The Hall–Kier alpha value is -1.22. The van der Waals surface area contributed by atoms with Crippen molar-refractivity contribution in [3.63, 3.8) is 0 Å². The molecule has 2 heterocycles. The zero-order valence-electron chi connectivity index (χ0n) is 9.38. The summed E-state index contributed by atoms with van der Waals surface area (Å²) in [6.07, 6.45) is 3.86. The topological polar surface area (TPSA) is 38.0 Å². The van der Waals surface area contributed by atoms with Crippen LogP contribution >= 0.6 is 23.1 Å². The van der Waals surface area contributed by atoms with Crippen LogP contribution in [0.5, 0.6) is 0 Å². The zero-order chi connectivity index (χ0) is 12.1. The highest BCUT2D eigenvalue weighted by molar-refractivity contribution is 7.98. The predicted octanol–water partition coefficient (Wildman–Crippen LogP) is 2.12. The van der Waals surface area contributed by atoms with Crippen LogP contribution in [-0.2, 0) is 12.8 Å². The number of hydrogen-bond acceptors (Lipinski definition) is 4. The molecule has 0 aliphatic heterocycles. The summed E-state index contributed by atoms with van der Waals surface area (Å²) in [5.74, 6) is 6.53. The Kier molecular flexibility index (Phi) is 4.26. The molecule has 1 N–H and O–H groups in total. The molecule has 2 rings (SSSR count). The molecule has 0 saturated carbocycles. The van der Waals surface area contributed by atoms with Crippen molar-refractivity contribution >= 4 is 23.1 Å². The van der Waals surface area contributed by atoms with Gasteiger partial charge in [-0.1, -0.05) is 11.8 Å². The molecule has 2 aromatic heterocycles. The molecule has 0 fully saturated rings. The highest BCUT2D eigenvalue weighted by atomic mass is 32.2. The van der Waals surface area contributed by atoms with Crippen LogP contribution in [0.4, 0.5) is 0 Å². The van der Waals surface area contributed by atoms with Crippen LogP contribution in [0, 0.1) is 11.8 Å². The fraction of sp³-hybridized carbons (Fsp3) is 0.250.